The highest BCUT2D eigenvalue weighted by Crippen LogP contribution is 2.40. The van der Waals surface area contributed by atoms with Gasteiger partial charge < -0.3 is 15.5 Å². The van der Waals surface area contributed by atoms with Crippen LogP contribution in [0.2, 0.25) is 0 Å². The zero-order valence-electron chi connectivity index (χ0n) is 13.2. The Morgan fingerprint density at radius 2 is 1.96 bits per heavy atom. The van der Waals surface area contributed by atoms with Gasteiger partial charge >= 0.3 is 6.18 Å². The number of hydrogen-bond acceptors (Lipinski definition) is 3. The summed E-state index contributed by atoms with van der Waals surface area (Å²) in [4.78, 5) is 6.59. The monoisotopic (exact) mass is 347 g/mol. The average Bonchev–Trinajstić information content (AvgIpc) is 2.91. The molecule has 1 aliphatic rings. The molecule has 4 nitrogen and oxygen atoms in total. The number of fused-ring (bicyclic) bond motifs is 1. The molecule has 1 aromatic carbocycles. The van der Waals surface area contributed by atoms with Crippen LogP contribution in [0.5, 0.6) is 5.75 Å². The van der Waals surface area contributed by atoms with Crippen LogP contribution in [0.4, 0.5) is 18.9 Å². The van der Waals surface area contributed by atoms with Crippen LogP contribution < -0.4 is 10.5 Å². The molecule has 0 saturated heterocycles. The van der Waals surface area contributed by atoms with Crippen LogP contribution in [0.25, 0.3) is 10.9 Å². The number of H-pyrrole nitrogens is 1. The summed E-state index contributed by atoms with van der Waals surface area (Å²) in [5.41, 5.74) is 7.47. The first kappa shape index (κ1) is 15.8. The molecule has 25 heavy (non-hydrogen) atoms. The van der Waals surface area contributed by atoms with Gasteiger partial charge in [-0.1, -0.05) is 6.07 Å². The van der Waals surface area contributed by atoms with E-state index in [1.807, 2.05) is 18.2 Å². The zero-order chi connectivity index (χ0) is 17.6. The first-order valence-electron chi connectivity index (χ1n) is 7.96. The number of nitrogens with two attached hydrogens (primary N) is 1. The van der Waals surface area contributed by atoms with Crippen LogP contribution in [-0.2, 0) is 6.18 Å². The van der Waals surface area contributed by atoms with Crippen molar-refractivity contribution in [2.45, 2.75) is 31.0 Å². The van der Waals surface area contributed by atoms with Crippen molar-refractivity contribution in [1.82, 2.24) is 9.97 Å². The summed E-state index contributed by atoms with van der Waals surface area (Å²) in [5.74, 6) is 0.925. The molecule has 0 spiro atoms. The van der Waals surface area contributed by atoms with Gasteiger partial charge in [0, 0.05) is 23.3 Å². The van der Waals surface area contributed by atoms with E-state index < -0.39 is 11.9 Å². The standard InChI is InChI=1S/C18H16F3N3O/c19-18(20,21)17-4-1-10(8-24-17)11-5-13(6-11)25-12-2-3-16-14(7-12)15(22)9-23-16/h1-4,7-9,11,13,23H,5-6,22H2/t11-,13-. The summed E-state index contributed by atoms with van der Waals surface area (Å²) in [5, 5.41) is 0.917. The minimum absolute atomic E-state index is 0.0462. The van der Waals surface area contributed by atoms with E-state index in [0.29, 0.717) is 5.69 Å². The number of alkyl halides is 3. The molecule has 1 aliphatic carbocycles. The van der Waals surface area contributed by atoms with E-state index in [-0.39, 0.29) is 12.0 Å². The maximum Gasteiger partial charge on any atom is 0.433 e. The number of hydrogen-bond donors (Lipinski definition) is 2. The van der Waals surface area contributed by atoms with E-state index in [1.54, 1.807) is 6.20 Å². The normalized spacial score (nSPS) is 20.4. The van der Waals surface area contributed by atoms with E-state index in [4.69, 9.17) is 10.5 Å². The lowest BCUT2D eigenvalue weighted by molar-refractivity contribution is -0.141. The fourth-order valence-electron chi connectivity index (χ4n) is 3.14. The Kier molecular flexibility index (Phi) is 3.59. The van der Waals surface area contributed by atoms with E-state index in [9.17, 15) is 13.2 Å². The lowest BCUT2D eigenvalue weighted by Gasteiger charge is -2.35. The van der Waals surface area contributed by atoms with Gasteiger partial charge in [0.25, 0.3) is 0 Å². The third-order valence-corrected chi connectivity index (χ3v) is 4.63. The number of anilines is 1. The van der Waals surface area contributed by atoms with Gasteiger partial charge in [0.1, 0.15) is 11.4 Å². The van der Waals surface area contributed by atoms with Gasteiger partial charge in [-0.15, -0.1) is 0 Å². The van der Waals surface area contributed by atoms with Gasteiger partial charge in [0.15, 0.2) is 0 Å². The van der Waals surface area contributed by atoms with Crippen molar-refractivity contribution >= 4 is 16.6 Å². The summed E-state index contributed by atoms with van der Waals surface area (Å²) in [7, 11) is 0. The second kappa shape index (κ2) is 5.68. The summed E-state index contributed by atoms with van der Waals surface area (Å²) < 4.78 is 43.6. The third kappa shape index (κ3) is 3.01. The number of nitrogens with zero attached hydrogens (tertiary/aromatic N) is 1. The summed E-state index contributed by atoms with van der Waals surface area (Å²) in [6, 6.07) is 8.23. The van der Waals surface area contributed by atoms with Crippen molar-refractivity contribution in [3.63, 3.8) is 0 Å². The molecular formula is C18H16F3N3O. The van der Waals surface area contributed by atoms with Crippen LogP contribution in [0.3, 0.4) is 0 Å². The second-order valence-electron chi connectivity index (χ2n) is 6.33. The molecule has 0 aliphatic heterocycles. The van der Waals surface area contributed by atoms with Crippen molar-refractivity contribution in [2.24, 2.45) is 0 Å². The number of aromatic amines is 1. The minimum atomic E-state index is -4.40. The smallest absolute Gasteiger partial charge is 0.433 e. The highest BCUT2D eigenvalue weighted by atomic mass is 19.4. The van der Waals surface area contributed by atoms with Gasteiger partial charge in [-0.3, -0.25) is 4.98 Å². The number of benzene rings is 1. The van der Waals surface area contributed by atoms with Crippen LogP contribution >= 0.6 is 0 Å². The molecule has 1 saturated carbocycles. The zero-order valence-corrected chi connectivity index (χ0v) is 13.2. The SMILES string of the molecule is Nc1c[nH]c2ccc(O[C@H]3C[C@H](c4ccc(C(F)(F)F)nc4)C3)cc12. The summed E-state index contributed by atoms with van der Waals surface area (Å²) >= 11 is 0. The third-order valence-electron chi connectivity index (χ3n) is 4.63. The maximum atomic E-state index is 12.5. The van der Waals surface area contributed by atoms with Crippen LogP contribution in [-0.4, -0.2) is 16.1 Å². The van der Waals surface area contributed by atoms with Crippen molar-refractivity contribution in [2.75, 3.05) is 5.73 Å². The topological polar surface area (TPSA) is 63.9 Å². The Morgan fingerprint density at radius 3 is 2.64 bits per heavy atom. The molecule has 3 N–H and O–H groups in total. The number of halogens is 3. The molecule has 0 bridgehead atoms. The van der Waals surface area contributed by atoms with Crippen molar-refractivity contribution in [3.8, 4) is 5.75 Å². The molecule has 0 atom stereocenters. The Morgan fingerprint density at radius 1 is 1.16 bits per heavy atom. The highest BCUT2D eigenvalue weighted by Gasteiger charge is 2.35. The average molecular weight is 347 g/mol. The number of nitrogen functional groups attached to an aromatic ring is 1. The largest absolute Gasteiger partial charge is 0.490 e. The van der Waals surface area contributed by atoms with Crippen molar-refractivity contribution in [3.05, 3.63) is 54.0 Å². The fourth-order valence-corrected chi connectivity index (χ4v) is 3.14. The Bertz CT molecular complexity index is 896. The van der Waals surface area contributed by atoms with Crippen molar-refractivity contribution < 1.29 is 17.9 Å². The Balaban J connectivity index is 1.39. The van der Waals surface area contributed by atoms with Crippen LogP contribution in [0.1, 0.15) is 30.0 Å². The fraction of sp³-hybridized carbons (Fsp3) is 0.278. The quantitative estimate of drug-likeness (QED) is 0.734. The Hall–Kier alpha value is -2.70. The predicted molar refractivity (Wildman–Crippen MR) is 88.3 cm³/mol. The van der Waals surface area contributed by atoms with Crippen LogP contribution in [0, 0.1) is 0 Å². The highest BCUT2D eigenvalue weighted by molar-refractivity contribution is 5.92. The number of rotatable bonds is 3. The van der Waals surface area contributed by atoms with E-state index >= 15 is 0 Å². The molecule has 130 valence electrons. The van der Waals surface area contributed by atoms with E-state index in [2.05, 4.69) is 9.97 Å². The summed E-state index contributed by atoms with van der Waals surface area (Å²) in [6.07, 6.45) is 0.218. The van der Waals surface area contributed by atoms with Gasteiger partial charge in [-0.2, -0.15) is 13.2 Å². The first-order valence-corrected chi connectivity index (χ1v) is 7.96. The van der Waals surface area contributed by atoms with Crippen LogP contribution in [0.15, 0.2) is 42.7 Å². The van der Waals surface area contributed by atoms with Gasteiger partial charge in [-0.25, -0.2) is 0 Å². The predicted octanol–water partition coefficient (Wildman–Crippen LogP) is 4.49. The van der Waals surface area contributed by atoms with E-state index in [0.717, 1.165) is 41.1 Å². The molecule has 0 unspecified atom stereocenters. The maximum absolute atomic E-state index is 12.5. The molecule has 1 fully saturated rings. The number of nitrogens with one attached hydrogen (secondary N) is 1. The molecule has 0 amide bonds. The minimum Gasteiger partial charge on any atom is -0.490 e. The van der Waals surface area contributed by atoms with Gasteiger partial charge in [0.05, 0.1) is 11.8 Å². The lowest BCUT2D eigenvalue weighted by Crippen LogP contribution is -2.32. The number of ether oxygens (including phenoxy) is 1. The van der Waals surface area contributed by atoms with Crippen molar-refractivity contribution in [1.29, 1.82) is 0 Å². The Labute approximate surface area is 141 Å². The molecular weight excluding hydrogens is 331 g/mol. The summed E-state index contributed by atoms with van der Waals surface area (Å²) in [6.45, 7) is 0. The second-order valence-corrected chi connectivity index (χ2v) is 6.33. The lowest BCUT2D eigenvalue weighted by atomic mass is 9.78. The number of aromatic nitrogens is 2. The molecule has 2 heterocycles. The van der Waals surface area contributed by atoms with Gasteiger partial charge in [0.2, 0.25) is 0 Å². The van der Waals surface area contributed by atoms with Gasteiger partial charge in [-0.05, 0) is 48.6 Å². The number of pyridine rings is 1. The molecule has 0 radical (unpaired) electrons. The van der Waals surface area contributed by atoms with E-state index in [1.165, 1.54) is 12.3 Å². The molecule has 2 aromatic heterocycles. The molecule has 3 aromatic rings. The first-order chi connectivity index (χ1) is 11.9. The molecule has 7 heteroatoms. The molecule has 4 rings (SSSR count).